The molecule has 1 aromatic carbocycles. The molecule has 22 heavy (non-hydrogen) atoms. The monoisotopic (exact) mass is 306 g/mol. The van der Waals surface area contributed by atoms with Crippen molar-refractivity contribution >= 4 is 5.91 Å². The molecule has 1 amide bonds. The Kier molecular flexibility index (Phi) is 6.83. The van der Waals surface area contributed by atoms with Gasteiger partial charge in [0.15, 0.2) is 0 Å². The lowest BCUT2D eigenvalue weighted by Crippen LogP contribution is -2.41. The summed E-state index contributed by atoms with van der Waals surface area (Å²) in [6, 6.07) is 7.43. The van der Waals surface area contributed by atoms with E-state index in [4.69, 9.17) is 5.11 Å². The molecule has 1 atom stereocenters. The van der Waals surface area contributed by atoms with Gasteiger partial charge < -0.3 is 20.4 Å². The molecule has 0 aromatic heterocycles. The first-order valence-electron chi connectivity index (χ1n) is 8.00. The van der Waals surface area contributed by atoms with Crippen LogP contribution in [0.4, 0.5) is 0 Å². The van der Waals surface area contributed by atoms with Crippen LogP contribution in [0.3, 0.4) is 0 Å². The Morgan fingerprint density at radius 3 is 2.64 bits per heavy atom. The summed E-state index contributed by atoms with van der Waals surface area (Å²) >= 11 is 0. The molecule has 1 fully saturated rings. The lowest BCUT2D eigenvalue weighted by atomic mass is 9.99. The highest BCUT2D eigenvalue weighted by molar-refractivity contribution is 5.78. The maximum absolute atomic E-state index is 11.9. The summed E-state index contributed by atoms with van der Waals surface area (Å²) in [6.07, 6.45) is 2.59. The van der Waals surface area contributed by atoms with E-state index >= 15 is 0 Å². The number of likely N-dealkylation sites (tertiary alicyclic amines) is 1. The van der Waals surface area contributed by atoms with E-state index < -0.39 is 0 Å². The van der Waals surface area contributed by atoms with Gasteiger partial charge in [-0.2, -0.15) is 0 Å². The number of piperidine rings is 1. The fourth-order valence-electron chi connectivity index (χ4n) is 2.87. The number of aliphatic hydroxyl groups excluding tert-OH is 2. The zero-order valence-corrected chi connectivity index (χ0v) is 13.0. The van der Waals surface area contributed by atoms with E-state index in [0.717, 1.165) is 43.6 Å². The molecule has 5 heteroatoms. The molecule has 0 unspecified atom stereocenters. The number of nitrogens with zero attached hydrogens (tertiary/aromatic N) is 1. The van der Waals surface area contributed by atoms with Crippen molar-refractivity contribution in [2.75, 3.05) is 32.8 Å². The highest BCUT2D eigenvalue weighted by Gasteiger charge is 2.18. The van der Waals surface area contributed by atoms with E-state index in [1.807, 2.05) is 24.3 Å². The lowest BCUT2D eigenvalue weighted by molar-refractivity contribution is -0.120. The molecule has 1 aliphatic rings. The summed E-state index contributed by atoms with van der Waals surface area (Å²) in [5, 5.41) is 21.1. The number of hydrogen-bond acceptors (Lipinski definition) is 4. The number of aliphatic hydroxyl groups is 2. The Balaban J connectivity index is 1.66. The van der Waals surface area contributed by atoms with Gasteiger partial charge >= 0.3 is 0 Å². The van der Waals surface area contributed by atoms with Gasteiger partial charge in [0.1, 0.15) is 0 Å². The molecule has 0 radical (unpaired) electrons. The fourth-order valence-corrected chi connectivity index (χ4v) is 2.87. The van der Waals surface area contributed by atoms with Crippen molar-refractivity contribution in [2.24, 2.45) is 5.92 Å². The van der Waals surface area contributed by atoms with E-state index in [1.54, 1.807) is 0 Å². The number of hydrogen-bond donors (Lipinski definition) is 3. The SMILES string of the molecule is O=C(Cc1ccc(CO)cc1)NCCN1CCC[C@H](CO)C1. The van der Waals surface area contributed by atoms with Crippen molar-refractivity contribution in [1.82, 2.24) is 10.2 Å². The minimum atomic E-state index is 0.0208. The van der Waals surface area contributed by atoms with Gasteiger partial charge in [-0.1, -0.05) is 24.3 Å². The van der Waals surface area contributed by atoms with Crippen LogP contribution in [0.15, 0.2) is 24.3 Å². The molecule has 1 aliphatic heterocycles. The minimum Gasteiger partial charge on any atom is -0.396 e. The summed E-state index contributed by atoms with van der Waals surface area (Å²) in [5.41, 5.74) is 1.81. The van der Waals surface area contributed by atoms with E-state index in [1.165, 1.54) is 0 Å². The van der Waals surface area contributed by atoms with E-state index in [-0.39, 0.29) is 19.1 Å². The summed E-state index contributed by atoms with van der Waals surface area (Å²) in [7, 11) is 0. The van der Waals surface area contributed by atoms with Crippen molar-refractivity contribution in [3.05, 3.63) is 35.4 Å². The highest BCUT2D eigenvalue weighted by atomic mass is 16.3. The second kappa shape index (κ2) is 8.88. The Morgan fingerprint density at radius 2 is 1.95 bits per heavy atom. The largest absolute Gasteiger partial charge is 0.396 e. The summed E-state index contributed by atoms with van der Waals surface area (Å²) < 4.78 is 0. The number of benzene rings is 1. The predicted octanol–water partition coefficient (Wildman–Crippen LogP) is 0.542. The summed E-state index contributed by atoms with van der Waals surface area (Å²) in [6.45, 7) is 3.74. The Morgan fingerprint density at radius 1 is 1.23 bits per heavy atom. The van der Waals surface area contributed by atoms with Gasteiger partial charge in [0.25, 0.3) is 0 Å². The van der Waals surface area contributed by atoms with Crippen LogP contribution in [0.2, 0.25) is 0 Å². The van der Waals surface area contributed by atoms with E-state index in [0.29, 0.717) is 18.9 Å². The molecular formula is C17H26N2O3. The van der Waals surface area contributed by atoms with E-state index in [9.17, 15) is 9.90 Å². The van der Waals surface area contributed by atoms with Crippen molar-refractivity contribution in [2.45, 2.75) is 25.9 Å². The van der Waals surface area contributed by atoms with Crippen LogP contribution in [-0.4, -0.2) is 53.8 Å². The second-order valence-electron chi connectivity index (χ2n) is 5.99. The van der Waals surface area contributed by atoms with Crippen molar-refractivity contribution < 1.29 is 15.0 Å². The fraction of sp³-hybridized carbons (Fsp3) is 0.588. The summed E-state index contributed by atoms with van der Waals surface area (Å²) in [5.74, 6) is 0.405. The molecule has 2 rings (SSSR count). The summed E-state index contributed by atoms with van der Waals surface area (Å²) in [4.78, 5) is 14.2. The first-order chi connectivity index (χ1) is 10.7. The zero-order chi connectivity index (χ0) is 15.8. The Hall–Kier alpha value is -1.43. The van der Waals surface area contributed by atoms with Crippen LogP contribution >= 0.6 is 0 Å². The molecule has 0 spiro atoms. The van der Waals surface area contributed by atoms with Crippen LogP contribution in [0.5, 0.6) is 0 Å². The lowest BCUT2D eigenvalue weighted by Gasteiger charge is -2.31. The third kappa shape index (κ3) is 5.40. The molecule has 0 saturated carbocycles. The molecule has 1 saturated heterocycles. The molecule has 1 heterocycles. The molecule has 3 N–H and O–H groups in total. The van der Waals surface area contributed by atoms with Crippen molar-refractivity contribution in [1.29, 1.82) is 0 Å². The maximum Gasteiger partial charge on any atom is 0.224 e. The zero-order valence-electron chi connectivity index (χ0n) is 13.0. The Labute approximate surface area is 131 Å². The van der Waals surface area contributed by atoms with Crippen molar-refractivity contribution in [3.8, 4) is 0 Å². The molecule has 122 valence electrons. The van der Waals surface area contributed by atoms with Crippen LogP contribution in [0.1, 0.15) is 24.0 Å². The molecule has 1 aromatic rings. The smallest absolute Gasteiger partial charge is 0.224 e. The third-order valence-electron chi connectivity index (χ3n) is 4.18. The maximum atomic E-state index is 11.9. The molecule has 5 nitrogen and oxygen atoms in total. The third-order valence-corrected chi connectivity index (χ3v) is 4.18. The standard InChI is InChI=1S/C17H26N2O3/c20-12-15-5-3-14(4-6-15)10-17(22)18-7-9-19-8-1-2-16(11-19)13-21/h3-6,16,20-21H,1-2,7-13H2,(H,18,22)/t16-/m0/s1. The quantitative estimate of drug-likeness (QED) is 0.687. The van der Waals surface area contributed by atoms with Gasteiger partial charge in [-0.05, 0) is 36.4 Å². The average molecular weight is 306 g/mol. The molecule has 0 aliphatic carbocycles. The Bertz CT molecular complexity index is 461. The molecule has 0 bridgehead atoms. The first kappa shape index (κ1) is 16.9. The average Bonchev–Trinajstić information content (AvgIpc) is 2.56. The highest BCUT2D eigenvalue weighted by Crippen LogP contribution is 2.14. The normalized spacial score (nSPS) is 19.1. The van der Waals surface area contributed by atoms with Crippen molar-refractivity contribution in [3.63, 3.8) is 0 Å². The number of amides is 1. The van der Waals surface area contributed by atoms with Crippen LogP contribution in [0.25, 0.3) is 0 Å². The number of nitrogens with one attached hydrogen (secondary N) is 1. The van der Waals surface area contributed by atoms with E-state index in [2.05, 4.69) is 10.2 Å². The van der Waals surface area contributed by atoms with Gasteiger partial charge in [0.05, 0.1) is 13.0 Å². The van der Waals surface area contributed by atoms with Gasteiger partial charge in [0, 0.05) is 26.2 Å². The van der Waals surface area contributed by atoms with Crippen LogP contribution in [0, 0.1) is 5.92 Å². The number of rotatable bonds is 7. The van der Waals surface area contributed by atoms with Gasteiger partial charge in [-0.25, -0.2) is 0 Å². The molecular weight excluding hydrogens is 280 g/mol. The number of carbonyl (C=O) groups excluding carboxylic acids is 1. The van der Waals surface area contributed by atoms with Gasteiger partial charge in [-0.3, -0.25) is 4.79 Å². The van der Waals surface area contributed by atoms with Crippen LogP contribution < -0.4 is 5.32 Å². The predicted molar refractivity (Wildman–Crippen MR) is 85.3 cm³/mol. The number of carbonyl (C=O) groups is 1. The van der Waals surface area contributed by atoms with Gasteiger partial charge in [-0.15, -0.1) is 0 Å². The topological polar surface area (TPSA) is 72.8 Å². The van der Waals surface area contributed by atoms with Gasteiger partial charge in [0.2, 0.25) is 5.91 Å². The minimum absolute atomic E-state index is 0.0208. The first-order valence-corrected chi connectivity index (χ1v) is 8.00. The second-order valence-corrected chi connectivity index (χ2v) is 5.99. The van der Waals surface area contributed by atoms with Crippen LogP contribution in [-0.2, 0) is 17.8 Å².